The van der Waals surface area contributed by atoms with Crippen LogP contribution in [0.4, 0.5) is 0 Å². The van der Waals surface area contributed by atoms with Crippen LogP contribution in [0.3, 0.4) is 0 Å². The van der Waals surface area contributed by atoms with E-state index in [-0.39, 0.29) is 0 Å². The maximum atomic E-state index is 5.52. The first-order chi connectivity index (χ1) is 7.22. The number of hydrogen-bond acceptors (Lipinski definition) is 3. The fourth-order valence-corrected chi connectivity index (χ4v) is 1.96. The third-order valence-electron chi connectivity index (χ3n) is 2.95. The summed E-state index contributed by atoms with van der Waals surface area (Å²) < 4.78 is 5.52. The molecule has 1 fully saturated rings. The van der Waals surface area contributed by atoms with Gasteiger partial charge >= 0.3 is 0 Å². The van der Waals surface area contributed by atoms with Gasteiger partial charge in [0.2, 0.25) is 0 Å². The van der Waals surface area contributed by atoms with E-state index in [9.17, 15) is 0 Å². The molecule has 3 heteroatoms. The Balaban J connectivity index is 2.07. The van der Waals surface area contributed by atoms with Gasteiger partial charge in [0.05, 0.1) is 12.7 Å². The maximum absolute atomic E-state index is 5.52. The van der Waals surface area contributed by atoms with Crippen LogP contribution in [-0.2, 0) is 4.74 Å². The molecule has 15 heavy (non-hydrogen) atoms. The first-order valence-corrected chi connectivity index (χ1v) is 6.29. The summed E-state index contributed by atoms with van der Waals surface area (Å²) in [6.07, 6.45) is 2.88. The van der Waals surface area contributed by atoms with Crippen LogP contribution in [0.5, 0.6) is 0 Å². The Bertz CT molecular complexity index is 164. The molecule has 1 rings (SSSR count). The molecule has 2 atom stereocenters. The van der Waals surface area contributed by atoms with Crippen LogP contribution < -0.4 is 5.32 Å². The Labute approximate surface area is 94.2 Å². The van der Waals surface area contributed by atoms with E-state index in [1.165, 1.54) is 19.4 Å². The quantitative estimate of drug-likeness (QED) is 0.725. The molecule has 0 bridgehead atoms. The first kappa shape index (κ1) is 12.9. The van der Waals surface area contributed by atoms with Crippen LogP contribution >= 0.6 is 0 Å². The van der Waals surface area contributed by atoms with Crippen molar-refractivity contribution in [3.63, 3.8) is 0 Å². The Hall–Kier alpha value is -0.120. The number of ether oxygens (including phenoxy) is 1. The van der Waals surface area contributed by atoms with Gasteiger partial charge in [0, 0.05) is 19.1 Å². The van der Waals surface area contributed by atoms with Gasteiger partial charge in [-0.25, -0.2) is 0 Å². The monoisotopic (exact) mass is 214 g/mol. The number of rotatable bonds is 6. The highest BCUT2D eigenvalue weighted by molar-refractivity contribution is 4.70. The number of hydrogen-bond donors (Lipinski definition) is 1. The highest BCUT2D eigenvalue weighted by Crippen LogP contribution is 2.05. The zero-order chi connectivity index (χ0) is 11.1. The molecular weight excluding hydrogens is 188 g/mol. The van der Waals surface area contributed by atoms with Crippen LogP contribution in [0, 0.1) is 0 Å². The Kier molecular flexibility index (Phi) is 6.22. The van der Waals surface area contributed by atoms with E-state index in [0.717, 1.165) is 26.2 Å². The van der Waals surface area contributed by atoms with Gasteiger partial charge in [-0.15, -0.1) is 0 Å². The molecule has 90 valence electrons. The summed E-state index contributed by atoms with van der Waals surface area (Å²) >= 11 is 0. The predicted molar refractivity (Wildman–Crippen MR) is 64.2 cm³/mol. The normalized spacial score (nSPS) is 25.4. The Morgan fingerprint density at radius 2 is 2.33 bits per heavy atom. The molecule has 0 aliphatic carbocycles. The summed E-state index contributed by atoms with van der Waals surface area (Å²) in [6, 6.07) is 0.642. The van der Waals surface area contributed by atoms with E-state index in [1.54, 1.807) is 0 Å². The van der Waals surface area contributed by atoms with Crippen LogP contribution in [0.2, 0.25) is 0 Å². The van der Waals surface area contributed by atoms with Crippen molar-refractivity contribution in [1.29, 1.82) is 0 Å². The molecule has 1 N–H and O–H groups in total. The lowest BCUT2D eigenvalue weighted by molar-refractivity contribution is -0.0190. The zero-order valence-electron chi connectivity index (χ0n) is 10.5. The molecule has 1 saturated heterocycles. The lowest BCUT2D eigenvalue weighted by Crippen LogP contribution is -2.43. The molecule has 2 unspecified atom stereocenters. The average Bonchev–Trinajstić information content (AvgIpc) is 2.23. The molecule has 0 saturated carbocycles. The van der Waals surface area contributed by atoms with Crippen LogP contribution in [0.15, 0.2) is 0 Å². The minimum atomic E-state index is 0.414. The van der Waals surface area contributed by atoms with E-state index < -0.39 is 0 Å². The van der Waals surface area contributed by atoms with E-state index >= 15 is 0 Å². The Morgan fingerprint density at radius 1 is 1.53 bits per heavy atom. The van der Waals surface area contributed by atoms with Gasteiger partial charge in [0.15, 0.2) is 0 Å². The van der Waals surface area contributed by atoms with E-state index in [2.05, 4.69) is 31.0 Å². The largest absolute Gasteiger partial charge is 0.376 e. The third-order valence-corrected chi connectivity index (χ3v) is 2.95. The summed E-state index contributed by atoms with van der Waals surface area (Å²) in [5.41, 5.74) is 0. The second-order valence-corrected chi connectivity index (χ2v) is 4.63. The van der Waals surface area contributed by atoms with Crippen LogP contribution in [0.25, 0.3) is 0 Å². The van der Waals surface area contributed by atoms with Crippen LogP contribution in [0.1, 0.15) is 33.6 Å². The molecule has 0 spiro atoms. The number of nitrogens with zero attached hydrogens (tertiary/aromatic N) is 1. The molecule has 0 radical (unpaired) electrons. The SMILES string of the molecule is CCCNC(C)CCN1CCOC(C)C1. The summed E-state index contributed by atoms with van der Waals surface area (Å²) in [5, 5.41) is 3.53. The van der Waals surface area contributed by atoms with Crippen molar-refractivity contribution in [2.45, 2.75) is 45.8 Å². The van der Waals surface area contributed by atoms with Crippen LogP contribution in [-0.4, -0.2) is 49.8 Å². The standard InChI is InChI=1S/C12H26N2O/c1-4-6-13-11(2)5-7-14-8-9-15-12(3)10-14/h11-13H,4-10H2,1-3H3. The van der Waals surface area contributed by atoms with E-state index in [1.807, 2.05) is 0 Å². The highest BCUT2D eigenvalue weighted by atomic mass is 16.5. The fraction of sp³-hybridized carbons (Fsp3) is 1.00. The van der Waals surface area contributed by atoms with Crippen molar-refractivity contribution in [3.05, 3.63) is 0 Å². The molecule has 0 aromatic heterocycles. The summed E-state index contributed by atoms with van der Waals surface area (Å²) in [4.78, 5) is 2.51. The number of nitrogens with one attached hydrogen (secondary N) is 1. The van der Waals surface area contributed by atoms with Gasteiger partial charge < -0.3 is 10.1 Å². The maximum Gasteiger partial charge on any atom is 0.0674 e. The molecule has 1 aliphatic heterocycles. The molecule has 0 aromatic carbocycles. The van der Waals surface area contributed by atoms with Crippen molar-refractivity contribution in [1.82, 2.24) is 10.2 Å². The summed E-state index contributed by atoms with van der Waals surface area (Å²) in [5.74, 6) is 0. The molecule has 3 nitrogen and oxygen atoms in total. The van der Waals surface area contributed by atoms with E-state index in [0.29, 0.717) is 12.1 Å². The minimum Gasteiger partial charge on any atom is -0.376 e. The van der Waals surface area contributed by atoms with Gasteiger partial charge in [-0.1, -0.05) is 6.92 Å². The van der Waals surface area contributed by atoms with Crippen molar-refractivity contribution in [2.24, 2.45) is 0 Å². The van der Waals surface area contributed by atoms with Crippen molar-refractivity contribution >= 4 is 0 Å². The summed E-state index contributed by atoms with van der Waals surface area (Å²) in [7, 11) is 0. The minimum absolute atomic E-state index is 0.414. The average molecular weight is 214 g/mol. The van der Waals surface area contributed by atoms with Gasteiger partial charge in [-0.2, -0.15) is 0 Å². The highest BCUT2D eigenvalue weighted by Gasteiger charge is 2.16. The smallest absolute Gasteiger partial charge is 0.0674 e. The van der Waals surface area contributed by atoms with Crippen molar-refractivity contribution in [3.8, 4) is 0 Å². The summed E-state index contributed by atoms with van der Waals surface area (Å²) in [6.45, 7) is 12.1. The molecule has 0 aromatic rings. The van der Waals surface area contributed by atoms with E-state index in [4.69, 9.17) is 4.74 Å². The van der Waals surface area contributed by atoms with Gasteiger partial charge in [0.25, 0.3) is 0 Å². The zero-order valence-corrected chi connectivity index (χ0v) is 10.5. The topological polar surface area (TPSA) is 24.5 Å². The molecule has 0 amide bonds. The first-order valence-electron chi connectivity index (χ1n) is 6.29. The molecule has 1 aliphatic rings. The second kappa shape index (κ2) is 7.20. The fourth-order valence-electron chi connectivity index (χ4n) is 1.96. The third kappa shape index (κ3) is 5.50. The van der Waals surface area contributed by atoms with Gasteiger partial charge in [0.1, 0.15) is 0 Å². The number of morpholine rings is 1. The van der Waals surface area contributed by atoms with Crippen molar-refractivity contribution in [2.75, 3.05) is 32.8 Å². The van der Waals surface area contributed by atoms with Gasteiger partial charge in [-0.3, -0.25) is 4.90 Å². The lowest BCUT2D eigenvalue weighted by Gasteiger charge is -2.31. The predicted octanol–water partition coefficient (Wildman–Crippen LogP) is 1.49. The van der Waals surface area contributed by atoms with Gasteiger partial charge in [-0.05, 0) is 39.8 Å². The molecular formula is C12H26N2O. The van der Waals surface area contributed by atoms with Crippen molar-refractivity contribution < 1.29 is 4.74 Å². The lowest BCUT2D eigenvalue weighted by atomic mass is 10.2. The second-order valence-electron chi connectivity index (χ2n) is 4.63. The molecule has 1 heterocycles. The Morgan fingerprint density at radius 3 is 3.00 bits per heavy atom.